The molecule has 0 aliphatic carbocycles. The lowest BCUT2D eigenvalue weighted by atomic mass is 10.1. The number of rotatable bonds is 4. The summed E-state index contributed by atoms with van der Waals surface area (Å²) in [5.74, 6) is 4.54. The lowest BCUT2D eigenvalue weighted by Crippen LogP contribution is -2.35. The van der Waals surface area contributed by atoms with Gasteiger partial charge in [-0.15, -0.1) is 6.42 Å². The summed E-state index contributed by atoms with van der Waals surface area (Å²) in [6.45, 7) is 7.58. The highest BCUT2D eigenvalue weighted by Crippen LogP contribution is 2.24. The third kappa shape index (κ3) is 3.15. The van der Waals surface area contributed by atoms with Gasteiger partial charge in [0, 0.05) is 6.20 Å². The normalized spacial score (nSPS) is 20.4. The molecule has 0 saturated carbocycles. The summed E-state index contributed by atoms with van der Waals surface area (Å²) >= 11 is 0. The molecule has 5 heteroatoms. The van der Waals surface area contributed by atoms with E-state index in [4.69, 9.17) is 11.2 Å². The molecule has 1 fully saturated rings. The molecule has 2 rings (SSSR count). The highest BCUT2D eigenvalue weighted by Gasteiger charge is 2.29. The number of ether oxygens (including phenoxy) is 1. The van der Waals surface area contributed by atoms with E-state index in [1.54, 1.807) is 6.20 Å². The lowest BCUT2D eigenvalue weighted by Gasteiger charge is -2.26. The zero-order valence-corrected chi connectivity index (χ0v) is 11.6. The highest BCUT2D eigenvalue weighted by molar-refractivity contribution is 5.44. The predicted octanol–water partition coefficient (Wildman–Crippen LogP) is 1.73. The minimum absolute atomic E-state index is 0.0917. The summed E-state index contributed by atoms with van der Waals surface area (Å²) in [6, 6.07) is 2.16. The van der Waals surface area contributed by atoms with Crippen molar-refractivity contribution in [2.45, 2.75) is 32.9 Å². The van der Waals surface area contributed by atoms with Crippen molar-refractivity contribution >= 4 is 11.8 Å². The topological polar surface area (TPSA) is 50.3 Å². The first-order chi connectivity index (χ1) is 9.11. The van der Waals surface area contributed by atoms with Crippen LogP contribution in [0.4, 0.5) is 11.8 Å². The molecule has 5 nitrogen and oxygen atoms in total. The van der Waals surface area contributed by atoms with Crippen molar-refractivity contribution in [3.63, 3.8) is 0 Å². The van der Waals surface area contributed by atoms with E-state index in [1.165, 1.54) is 0 Å². The molecular weight excluding hydrogens is 240 g/mol. The van der Waals surface area contributed by atoms with Crippen LogP contribution in [0.1, 0.15) is 20.8 Å². The van der Waals surface area contributed by atoms with Crippen LogP contribution in [-0.2, 0) is 4.74 Å². The molecule has 1 aliphatic rings. The Morgan fingerprint density at radius 3 is 3.00 bits per heavy atom. The van der Waals surface area contributed by atoms with Crippen LogP contribution >= 0.6 is 0 Å². The fourth-order valence-corrected chi connectivity index (χ4v) is 2.06. The number of anilines is 2. The molecule has 1 N–H and O–H groups in total. The minimum Gasteiger partial charge on any atom is -0.359 e. The Morgan fingerprint density at radius 1 is 1.53 bits per heavy atom. The van der Waals surface area contributed by atoms with Crippen LogP contribution in [0.5, 0.6) is 0 Å². The van der Waals surface area contributed by atoms with Crippen molar-refractivity contribution in [3.8, 4) is 12.3 Å². The van der Waals surface area contributed by atoms with Gasteiger partial charge in [0.25, 0.3) is 0 Å². The number of hydrogen-bond acceptors (Lipinski definition) is 5. The Bertz CT molecular complexity index is 469. The zero-order chi connectivity index (χ0) is 13.8. The van der Waals surface area contributed by atoms with Gasteiger partial charge >= 0.3 is 0 Å². The lowest BCUT2D eigenvalue weighted by molar-refractivity contribution is 0.188. The van der Waals surface area contributed by atoms with Gasteiger partial charge in [0.15, 0.2) is 0 Å². The summed E-state index contributed by atoms with van der Waals surface area (Å²) < 4.78 is 5.54. The van der Waals surface area contributed by atoms with Crippen molar-refractivity contribution in [1.82, 2.24) is 9.97 Å². The average Bonchev–Trinajstić information content (AvgIpc) is 2.88. The Kier molecular flexibility index (Phi) is 4.23. The molecular formula is C14H20N4O. The number of terminal acetylenes is 1. The summed E-state index contributed by atoms with van der Waals surface area (Å²) in [7, 11) is 0. The first-order valence-corrected chi connectivity index (χ1v) is 6.52. The number of hydrogen-bond donors (Lipinski definition) is 1. The first-order valence-electron chi connectivity index (χ1n) is 6.52. The van der Waals surface area contributed by atoms with Crippen LogP contribution in [0.2, 0.25) is 0 Å². The van der Waals surface area contributed by atoms with Crippen LogP contribution < -0.4 is 10.2 Å². The maximum atomic E-state index is 5.54. The molecule has 102 valence electrons. The molecule has 0 spiro atoms. The van der Waals surface area contributed by atoms with Gasteiger partial charge in [-0.3, -0.25) is 0 Å². The summed E-state index contributed by atoms with van der Waals surface area (Å²) in [5, 5.41) is 3.07. The van der Waals surface area contributed by atoms with Crippen LogP contribution in [0.25, 0.3) is 0 Å². The van der Waals surface area contributed by atoms with Crippen LogP contribution in [-0.4, -0.2) is 35.4 Å². The summed E-state index contributed by atoms with van der Waals surface area (Å²) in [5.41, 5.74) is 0. The van der Waals surface area contributed by atoms with E-state index < -0.39 is 0 Å². The molecule has 0 amide bonds. The van der Waals surface area contributed by atoms with Crippen LogP contribution in [0, 0.1) is 18.3 Å². The average molecular weight is 260 g/mol. The van der Waals surface area contributed by atoms with E-state index in [-0.39, 0.29) is 6.04 Å². The van der Waals surface area contributed by atoms with Crippen molar-refractivity contribution in [2.75, 3.05) is 23.6 Å². The highest BCUT2D eigenvalue weighted by atomic mass is 16.5. The second-order valence-electron chi connectivity index (χ2n) is 5.05. The largest absolute Gasteiger partial charge is 0.359 e. The Hall–Kier alpha value is -1.80. The predicted molar refractivity (Wildman–Crippen MR) is 75.9 cm³/mol. The van der Waals surface area contributed by atoms with E-state index >= 15 is 0 Å². The maximum absolute atomic E-state index is 5.54. The van der Waals surface area contributed by atoms with E-state index in [0.29, 0.717) is 24.6 Å². The number of nitrogens with one attached hydrogen (secondary N) is 1. The molecule has 0 unspecified atom stereocenters. The molecule has 19 heavy (non-hydrogen) atoms. The Balaban J connectivity index is 2.16. The maximum Gasteiger partial charge on any atom is 0.225 e. The molecule has 0 aromatic carbocycles. The molecule has 0 radical (unpaired) electrons. The third-order valence-corrected chi connectivity index (χ3v) is 3.22. The smallest absolute Gasteiger partial charge is 0.225 e. The minimum atomic E-state index is -0.0917. The molecule has 2 heterocycles. The molecule has 1 saturated heterocycles. The van der Waals surface area contributed by atoms with Crippen molar-refractivity contribution in [2.24, 2.45) is 5.92 Å². The van der Waals surface area contributed by atoms with E-state index in [9.17, 15) is 0 Å². The SMILES string of the molecule is C#C[C@H](C)Nc1nccc(N2COC[C@@H]2C(C)C)n1. The van der Waals surface area contributed by atoms with Gasteiger partial charge in [0.05, 0.1) is 18.7 Å². The zero-order valence-electron chi connectivity index (χ0n) is 11.6. The van der Waals surface area contributed by atoms with Gasteiger partial charge in [0.2, 0.25) is 5.95 Å². The molecule has 1 aliphatic heterocycles. The number of aromatic nitrogens is 2. The molecule has 0 bridgehead atoms. The summed E-state index contributed by atoms with van der Waals surface area (Å²) in [4.78, 5) is 10.9. The quantitative estimate of drug-likeness (QED) is 0.836. The van der Waals surface area contributed by atoms with Gasteiger partial charge in [-0.05, 0) is 18.9 Å². The second kappa shape index (κ2) is 5.89. The Labute approximate surface area is 114 Å². The fraction of sp³-hybridized carbons (Fsp3) is 0.571. The standard InChI is InChI=1S/C14H20N4O/c1-5-11(4)16-14-15-7-6-13(17-14)18-9-19-8-12(18)10(2)3/h1,6-7,10-12H,8-9H2,2-4H3,(H,15,16,17)/t11-,12+/m0/s1. The third-order valence-electron chi connectivity index (χ3n) is 3.22. The van der Waals surface area contributed by atoms with E-state index in [1.807, 2.05) is 13.0 Å². The van der Waals surface area contributed by atoms with Crippen molar-refractivity contribution in [1.29, 1.82) is 0 Å². The van der Waals surface area contributed by atoms with E-state index in [2.05, 4.69) is 40.0 Å². The van der Waals surface area contributed by atoms with Gasteiger partial charge < -0.3 is 15.0 Å². The summed E-state index contributed by atoms with van der Waals surface area (Å²) in [6.07, 6.45) is 7.08. The monoisotopic (exact) mass is 260 g/mol. The van der Waals surface area contributed by atoms with E-state index in [0.717, 1.165) is 12.4 Å². The van der Waals surface area contributed by atoms with Gasteiger partial charge in [-0.2, -0.15) is 4.98 Å². The van der Waals surface area contributed by atoms with Crippen molar-refractivity contribution in [3.05, 3.63) is 12.3 Å². The van der Waals surface area contributed by atoms with Gasteiger partial charge in [-0.25, -0.2) is 4.98 Å². The van der Waals surface area contributed by atoms with Crippen LogP contribution in [0.15, 0.2) is 12.3 Å². The Morgan fingerprint density at radius 2 is 2.32 bits per heavy atom. The van der Waals surface area contributed by atoms with Crippen LogP contribution in [0.3, 0.4) is 0 Å². The van der Waals surface area contributed by atoms with Gasteiger partial charge in [-0.1, -0.05) is 19.8 Å². The molecule has 1 aromatic heterocycles. The van der Waals surface area contributed by atoms with Gasteiger partial charge in [0.1, 0.15) is 12.5 Å². The first kappa shape index (κ1) is 13.6. The number of nitrogens with zero attached hydrogens (tertiary/aromatic N) is 3. The molecule has 2 atom stereocenters. The molecule has 1 aromatic rings. The second-order valence-corrected chi connectivity index (χ2v) is 5.05. The fourth-order valence-electron chi connectivity index (χ4n) is 2.06. The van der Waals surface area contributed by atoms with Crippen molar-refractivity contribution < 1.29 is 4.74 Å².